The second kappa shape index (κ2) is 18.9. The molecule has 0 saturated heterocycles. The molecule has 17 heteroatoms. The summed E-state index contributed by atoms with van der Waals surface area (Å²) >= 11 is 0. The Morgan fingerprint density at radius 2 is 0.651 bits per heavy atom. The predicted octanol–water partition coefficient (Wildman–Crippen LogP) is 8.28. The number of sulfone groups is 3. The van der Waals surface area contributed by atoms with Crippen LogP contribution in [0.3, 0.4) is 0 Å². The van der Waals surface area contributed by atoms with Crippen LogP contribution in [-0.2, 0) is 29.5 Å². The molecule has 0 heterocycles. The van der Waals surface area contributed by atoms with Crippen molar-refractivity contribution in [1.82, 2.24) is 0 Å². The molecule has 0 aliphatic rings. The van der Waals surface area contributed by atoms with Gasteiger partial charge in [0.15, 0.2) is 23.0 Å². The summed E-state index contributed by atoms with van der Waals surface area (Å²) in [4.78, 5) is 0.615. The second-order valence-electron chi connectivity index (χ2n) is 14.7. The lowest BCUT2D eigenvalue weighted by atomic mass is 10.1. The van der Waals surface area contributed by atoms with Crippen molar-refractivity contribution in [3.8, 4) is 46.0 Å². The predicted molar refractivity (Wildman–Crippen MR) is 236 cm³/mol. The number of ether oxygens (including phenoxy) is 2. The SMILES string of the molecule is COc1cc(S(=O)(=O)c2ccc(O)c(OC)c2)ccc1O.Cc1c(O)ccc(S(=O)(=O)c2ccc(O)c(C)c2C)c1C.Cc1cc(S(=O)(=O)c2cc(C)c(O)cc2C)c(C)cc1O. The van der Waals surface area contributed by atoms with E-state index in [0.29, 0.717) is 44.5 Å². The summed E-state index contributed by atoms with van der Waals surface area (Å²) in [7, 11) is -8.57. The van der Waals surface area contributed by atoms with Crippen LogP contribution in [0.15, 0.2) is 114 Å². The largest absolute Gasteiger partial charge is 0.508 e. The van der Waals surface area contributed by atoms with Crippen LogP contribution in [0.2, 0.25) is 0 Å². The Morgan fingerprint density at radius 1 is 0.333 bits per heavy atom. The summed E-state index contributed by atoms with van der Waals surface area (Å²) in [6.07, 6.45) is 0. The molecule has 0 aliphatic carbocycles. The molecule has 6 N–H and O–H groups in total. The van der Waals surface area contributed by atoms with Crippen LogP contribution in [-0.4, -0.2) is 70.1 Å². The number of rotatable bonds is 8. The quantitative estimate of drug-likeness (QED) is 0.0842. The Bertz CT molecular complexity index is 2850. The fourth-order valence-electron chi connectivity index (χ4n) is 6.30. The van der Waals surface area contributed by atoms with Gasteiger partial charge in [0.2, 0.25) is 29.5 Å². The topological polar surface area (TPSA) is 242 Å². The maximum absolute atomic E-state index is 12.8. The van der Waals surface area contributed by atoms with Gasteiger partial charge in [0.05, 0.1) is 43.6 Å². The maximum atomic E-state index is 12.8. The normalized spacial score (nSPS) is 11.5. The number of hydrogen-bond acceptors (Lipinski definition) is 14. The van der Waals surface area contributed by atoms with E-state index in [1.807, 2.05) is 0 Å². The van der Waals surface area contributed by atoms with Crippen molar-refractivity contribution >= 4 is 29.5 Å². The molecule has 0 unspecified atom stereocenters. The van der Waals surface area contributed by atoms with E-state index in [1.54, 1.807) is 55.4 Å². The lowest BCUT2D eigenvalue weighted by molar-refractivity contribution is 0.371. The first-order valence-electron chi connectivity index (χ1n) is 18.9. The van der Waals surface area contributed by atoms with Gasteiger partial charge in [-0.15, -0.1) is 0 Å². The summed E-state index contributed by atoms with van der Waals surface area (Å²) < 4.78 is 86.2. The third-order valence-electron chi connectivity index (χ3n) is 10.5. The number of hydrogen-bond donors (Lipinski definition) is 6. The number of aromatic hydroxyl groups is 6. The molecule has 0 atom stereocenters. The first kappa shape index (κ1) is 49.2. The molecular weight excluding hydrogens is 873 g/mol. The minimum atomic E-state index is -3.82. The van der Waals surface area contributed by atoms with E-state index in [2.05, 4.69) is 0 Å². The van der Waals surface area contributed by atoms with Crippen LogP contribution in [0.5, 0.6) is 46.0 Å². The second-order valence-corrected chi connectivity index (χ2v) is 20.4. The molecule has 0 bridgehead atoms. The molecule has 0 aliphatic heterocycles. The highest BCUT2D eigenvalue weighted by Gasteiger charge is 2.26. The molecule has 63 heavy (non-hydrogen) atoms. The molecule has 0 aromatic heterocycles. The average Bonchev–Trinajstić information content (AvgIpc) is 3.22. The smallest absolute Gasteiger partial charge is 0.207 e. The summed E-state index contributed by atoms with van der Waals surface area (Å²) in [6.45, 7) is 13.3. The van der Waals surface area contributed by atoms with Gasteiger partial charge in [-0.2, -0.15) is 0 Å². The van der Waals surface area contributed by atoms with Crippen LogP contribution >= 0.6 is 0 Å². The van der Waals surface area contributed by atoms with Gasteiger partial charge in [-0.25, -0.2) is 25.3 Å². The first-order chi connectivity index (χ1) is 29.2. The van der Waals surface area contributed by atoms with Gasteiger partial charge >= 0.3 is 0 Å². The van der Waals surface area contributed by atoms with Crippen molar-refractivity contribution in [2.24, 2.45) is 0 Å². The molecule has 336 valence electrons. The molecule has 6 aromatic rings. The molecule has 14 nitrogen and oxygen atoms in total. The van der Waals surface area contributed by atoms with Gasteiger partial charge in [-0.05, 0) is 173 Å². The van der Waals surface area contributed by atoms with Gasteiger partial charge in [-0.1, -0.05) is 0 Å². The lowest BCUT2D eigenvalue weighted by Crippen LogP contribution is -2.07. The van der Waals surface area contributed by atoms with Crippen LogP contribution in [0.25, 0.3) is 0 Å². The van der Waals surface area contributed by atoms with Gasteiger partial charge in [-0.3, -0.25) is 0 Å². The van der Waals surface area contributed by atoms with Gasteiger partial charge in [0, 0.05) is 12.1 Å². The zero-order valence-electron chi connectivity index (χ0n) is 36.3. The third kappa shape index (κ3) is 10.1. The Hall–Kier alpha value is -6.43. The van der Waals surface area contributed by atoms with Crippen molar-refractivity contribution in [2.75, 3.05) is 14.2 Å². The number of methoxy groups -OCH3 is 2. The van der Waals surface area contributed by atoms with E-state index >= 15 is 0 Å². The molecule has 6 aromatic carbocycles. The van der Waals surface area contributed by atoms with E-state index in [1.165, 1.54) is 99.1 Å². The highest BCUT2D eigenvalue weighted by Crippen LogP contribution is 2.37. The Morgan fingerprint density at radius 3 is 0.984 bits per heavy atom. The highest BCUT2D eigenvalue weighted by molar-refractivity contribution is 7.92. The number of aryl methyl sites for hydroxylation is 4. The zero-order valence-corrected chi connectivity index (χ0v) is 38.7. The Balaban J connectivity index is 0.000000207. The maximum Gasteiger partial charge on any atom is 0.207 e. The standard InChI is InChI=1S/2C16H18O4S.C14H14O6S/c1-9-7-15(11(3)5-13(9)17)21(19,20)16-8-10(2)14(18)6-12(16)4;1-9-11(3)15(7-5-13(9)17)21(19,20)16-8-6-14(18)10(2)12(16)4;1-19-13-7-9(3-5-11(13)15)21(17,18)10-4-6-12(16)14(8-10)20-2/h2*5-8,17-18H,1-4H3;3-8,15-16H,1-2H3. The van der Waals surface area contributed by atoms with Gasteiger partial charge in [0.25, 0.3) is 0 Å². The van der Waals surface area contributed by atoms with Crippen molar-refractivity contribution in [3.05, 3.63) is 129 Å². The summed E-state index contributed by atoms with van der Waals surface area (Å²) in [5, 5.41) is 57.7. The van der Waals surface area contributed by atoms with E-state index in [9.17, 15) is 55.9 Å². The molecule has 0 saturated carbocycles. The molecule has 6 rings (SSSR count). The Labute approximate surface area is 367 Å². The van der Waals surface area contributed by atoms with E-state index < -0.39 is 29.5 Å². The van der Waals surface area contributed by atoms with E-state index in [0.717, 1.165) is 0 Å². The molecular formula is C46H50O14S3. The number of phenolic OH excluding ortho intramolecular Hbond substituents is 6. The van der Waals surface area contributed by atoms with Gasteiger partial charge < -0.3 is 40.1 Å². The highest BCUT2D eigenvalue weighted by atomic mass is 32.2. The summed E-state index contributed by atoms with van der Waals surface area (Å²) in [5.74, 6) is 0.105. The molecule has 0 amide bonds. The van der Waals surface area contributed by atoms with Crippen molar-refractivity contribution < 1.29 is 65.4 Å². The van der Waals surface area contributed by atoms with Crippen LogP contribution < -0.4 is 9.47 Å². The van der Waals surface area contributed by atoms with Crippen molar-refractivity contribution in [1.29, 1.82) is 0 Å². The van der Waals surface area contributed by atoms with Crippen LogP contribution in [0, 0.1) is 55.4 Å². The van der Waals surface area contributed by atoms with Crippen LogP contribution in [0.1, 0.15) is 44.5 Å². The zero-order chi connectivity index (χ0) is 47.5. The monoisotopic (exact) mass is 922 g/mol. The lowest BCUT2D eigenvalue weighted by Gasteiger charge is -2.14. The van der Waals surface area contributed by atoms with Crippen molar-refractivity contribution in [3.63, 3.8) is 0 Å². The number of benzene rings is 6. The fraction of sp³-hybridized carbons (Fsp3) is 0.217. The first-order valence-corrected chi connectivity index (χ1v) is 23.3. The third-order valence-corrected chi connectivity index (χ3v) is 16.3. The fourth-order valence-corrected chi connectivity index (χ4v) is 11.3. The average molecular weight is 923 g/mol. The van der Waals surface area contributed by atoms with E-state index in [-0.39, 0.29) is 75.4 Å². The minimum Gasteiger partial charge on any atom is -0.508 e. The number of phenols is 6. The molecule has 0 fully saturated rings. The minimum absolute atomic E-state index is 0.0371. The molecule has 0 radical (unpaired) electrons. The van der Waals surface area contributed by atoms with Crippen LogP contribution in [0.4, 0.5) is 0 Å². The van der Waals surface area contributed by atoms with E-state index in [4.69, 9.17) is 9.47 Å². The van der Waals surface area contributed by atoms with Gasteiger partial charge in [0.1, 0.15) is 23.0 Å². The summed E-state index contributed by atoms with van der Waals surface area (Å²) in [6, 6.07) is 18.9. The Kier molecular flexibility index (Phi) is 14.8. The van der Waals surface area contributed by atoms with Crippen molar-refractivity contribution in [2.45, 2.75) is 84.8 Å². The summed E-state index contributed by atoms with van der Waals surface area (Å²) in [5.41, 5.74) is 4.14. The molecule has 0 spiro atoms.